The van der Waals surface area contributed by atoms with Gasteiger partial charge in [0.15, 0.2) is 0 Å². The Labute approximate surface area is 156 Å². The maximum Gasteiger partial charge on any atom is 0.407 e. The van der Waals surface area contributed by atoms with E-state index in [9.17, 15) is 4.79 Å². The molecule has 142 valence electrons. The molecule has 1 aliphatic heterocycles. The molecule has 1 amide bonds. The maximum absolute atomic E-state index is 11.9. The third-order valence-electron chi connectivity index (χ3n) is 4.34. The third kappa shape index (κ3) is 7.32. The van der Waals surface area contributed by atoms with E-state index in [1.807, 2.05) is 20.8 Å². The van der Waals surface area contributed by atoms with Crippen molar-refractivity contribution in [3.63, 3.8) is 0 Å². The van der Waals surface area contributed by atoms with Gasteiger partial charge in [-0.2, -0.15) is 0 Å². The third-order valence-corrected chi connectivity index (χ3v) is 5.30. The average Bonchev–Trinajstić information content (AvgIpc) is 2.98. The van der Waals surface area contributed by atoms with E-state index < -0.39 is 5.60 Å². The van der Waals surface area contributed by atoms with Crippen molar-refractivity contribution in [2.45, 2.75) is 84.4 Å². The zero-order valence-electron chi connectivity index (χ0n) is 16.1. The second-order valence-corrected chi connectivity index (χ2v) is 8.78. The Morgan fingerprint density at radius 2 is 2.24 bits per heavy atom. The second kappa shape index (κ2) is 9.53. The van der Waals surface area contributed by atoms with Crippen molar-refractivity contribution in [1.29, 1.82) is 0 Å². The molecule has 2 rings (SSSR count). The fourth-order valence-electron chi connectivity index (χ4n) is 3.09. The number of thiazole rings is 1. The van der Waals surface area contributed by atoms with Gasteiger partial charge in [0.25, 0.3) is 0 Å². The summed E-state index contributed by atoms with van der Waals surface area (Å²) in [4.78, 5) is 19.2. The Hall–Kier alpha value is -1.14. The molecule has 1 atom stereocenters. The van der Waals surface area contributed by atoms with Gasteiger partial charge in [-0.05, 0) is 53.0 Å². The highest BCUT2D eigenvalue weighted by molar-refractivity contribution is 7.09. The van der Waals surface area contributed by atoms with Gasteiger partial charge < -0.3 is 10.1 Å². The van der Waals surface area contributed by atoms with Gasteiger partial charge in [0.1, 0.15) is 5.60 Å². The van der Waals surface area contributed by atoms with Crippen LogP contribution in [-0.4, -0.2) is 40.7 Å². The summed E-state index contributed by atoms with van der Waals surface area (Å²) in [5.41, 5.74) is 0.714. The number of unbranched alkanes of at least 4 members (excludes halogenated alkanes) is 1. The molecule has 1 aliphatic rings. The fraction of sp³-hybridized carbons (Fsp3) is 0.789. The summed E-state index contributed by atoms with van der Waals surface area (Å²) >= 11 is 1.78. The summed E-state index contributed by atoms with van der Waals surface area (Å²) in [5, 5.41) is 6.38. The lowest BCUT2D eigenvalue weighted by Gasteiger charge is -2.35. The molecule has 0 spiro atoms. The van der Waals surface area contributed by atoms with Crippen LogP contribution in [-0.2, 0) is 17.7 Å². The number of carbonyl (C=O) groups excluding carboxylic acids is 1. The number of hydrogen-bond donors (Lipinski definition) is 1. The van der Waals surface area contributed by atoms with Crippen LogP contribution < -0.4 is 5.32 Å². The normalized spacial score (nSPS) is 19.0. The van der Waals surface area contributed by atoms with Gasteiger partial charge in [-0.15, -0.1) is 11.3 Å². The van der Waals surface area contributed by atoms with Crippen LogP contribution in [0.1, 0.15) is 70.5 Å². The molecule has 6 heteroatoms. The number of nitrogens with zero attached hydrogens (tertiary/aromatic N) is 2. The molecule has 5 nitrogen and oxygen atoms in total. The first kappa shape index (κ1) is 20.2. The fourth-order valence-corrected chi connectivity index (χ4v) is 3.92. The molecule has 25 heavy (non-hydrogen) atoms. The Morgan fingerprint density at radius 3 is 2.96 bits per heavy atom. The Kier molecular flexibility index (Phi) is 7.69. The number of carbonyl (C=O) groups is 1. The highest BCUT2D eigenvalue weighted by atomic mass is 32.1. The number of likely N-dealkylation sites (tertiary alicyclic amines) is 1. The van der Waals surface area contributed by atoms with Gasteiger partial charge in [-0.1, -0.05) is 19.8 Å². The summed E-state index contributed by atoms with van der Waals surface area (Å²) in [5.74, 6) is 0. The number of aromatic nitrogens is 1. The summed E-state index contributed by atoms with van der Waals surface area (Å²) in [7, 11) is 0. The largest absolute Gasteiger partial charge is 0.444 e. The summed E-state index contributed by atoms with van der Waals surface area (Å²) in [6, 6.07) is 0.363. The lowest BCUT2D eigenvalue weighted by Crippen LogP contribution is -2.47. The molecule has 1 saturated heterocycles. The summed E-state index contributed by atoms with van der Waals surface area (Å²) in [6.45, 7) is 10.5. The Morgan fingerprint density at radius 1 is 1.44 bits per heavy atom. The van der Waals surface area contributed by atoms with E-state index in [1.54, 1.807) is 11.3 Å². The topological polar surface area (TPSA) is 54.5 Å². The predicted molar refractivity (Wildman–Crippen MR) is 103 cm³/mol. The SMILES string of the molecule is CCCCc1nc(CN2CCCCC2CNC(=O)OC(C)(C)C)cs1. The minimum Gasteiger partial charge on any atom is -0.444 e. The number of amides is 1. The molecule has 1 fully saturated rings. The number of hydrogen-bond acceptors (Lipinski definition) is 5. The first-order chi connectivity index (χ1) is 11.9. The number of rotatable bonds is 7. The van der Waals surface area contributed by atoms with E-state index in [0.717, 1.165) is 25.9 Å². The Bertz CT molecular complexity index is 539. The highest BCUT2D eigenvalue weighted by Crippen LogP contribution is 2.21. The van der Waals surface area contributed by atoms with Crippen molar-refractivity contribution in [3.8, 4) is 0 Å². The maximum atomic E-state index is 11.9. The van der Waals surface area contributed by atoms with Crippen molar-refractivity contribution in [3.05, 3.63) is 16.1 Å². The molecule has 1 aromatic heterocycles. The molecule has 0 aromatic carbocycles. The van der Waals surface area contributed by atoms with Crippen LogP contribution in [0.4, 0.5) is 4.79 Å². The van der Waals surface area contributed by atoms with Crippen molar-refractivity contribution in [2.75, 3.05) is 13.1 Å². The number of ether oxygens (including phenoxy) is 1. The first-order valence-corrected chi connectivity index (χ1v) is 10.4. The molecule has 0 radical (unpaired) electrons. The smallest absolute Gasteiger partial charge is 0.407 e. The van der Waals surface area contributed by atoms with E-state index in [1.165, 1.54) is 36.4 Å². The molecule has 1 N–H and O–H groups in total. The quantitative estimate of drug-likeness (QED) is 0.778. The zero-order chi connectivity index (χ0) is 18.3. The van der Waals surface area contributed by atoms with Crippen molar-refractivity contribution in [1.82, 2.24) is 15.2 Å². The van der Waals surface area contributed by atoms with Gasteiger partial charge >= 0.3 is 6.09 Å². The number of aryl methyl sites for hydroxylation is 1. The molecule has 2 heterocycles. The van der Waals surface area contributed by atoms with Gasteiger partial charge in [0.2, 0.25) is 0 Å². The second-order valence-electron chi connectivity index (χ2n) is 7.84. The van der Waals surface area contributed by atoms with Crippen molar-refractivity contribution in [2.24, 2.45) is 0 Å². The van der Waals surface area contributed by atoms with E-state index >= 15 is 0 Å². The van der Waals surface area contributed by atoms with Crippen molar-refractivity contribution >= 4 is 17.4 Å². The van der Waals surface area contributed by atoms with Gasteiger partial charge in [0, 0.05) is 24.5 Å². The van der Waals surface area contributed by atoms with Crippen LogP contribution in [0.2, 0.25) is 0 Å². The number of nitrogens with one attached hydrogen (secondary N) is 1. The van der Waals surface area contributed by atoms with E-state index in [0.29, 0.717) is 12.6 Å². The van der Waals surface area contributed by atoms with Crippen LogP contribution in [0.3, 0.4) is 0 Å². The van der Waals surface area contributed by atoms with Gasteiger partial charge in [-0.25, -0.2) is 9.78 Å². The van der Waals surface area contributed by atoms with Gasteiger partial charge in [0.05, 0.1) is 10.7 Å². The highest BCUT2D eigenvalue weighted by Gasteiger charge is 2.24. The van der Waals surface area contributed by atoms with Crippen LogP contribution in [0, 0.1) is 0 Å². The molecular weight excluding hydrogens is 334 g/mol. The number of piperidine rings is 1. The standard InChI is InChI=1S/C19H33N3O2S/c1-5-6-10-17-21-15(14-25-17)13-22-11-8-7-9-16(22)12-20-18(23)24-19(2,3)4/h14,16H,5-13H2,1-4H3,(H,20,23). The predicted octanol–water partition coefficient (Wildman–Crippen LogP) is 4.36. The lowest BCUT2D eigenvalue weighted by molar-refractivity contribution is 0.0491. The van der Waals surface area contributed by atoms with Crippen molar-refractivity contribution < 1.29 is 9.53 Å². The summed E-state index contributed by atoms with van der Waals surface area (Å²) < 4.78 is 5.34. The van der Waals surface area contributed by atoms with Crippen LogP contribution in [0.15, 0.2) is 5.38 Å². The molecule has 1 unspecified atom stereocenters. The van der Waals surface area contributed by atoms with Gasteiger partial charge in [-0.3, -0.25) is 4.90 Å². The van der Waals surface area contributed by atoms with E-state index in [2.05, 4.69) is 22.5 Å². The Balaban J connectivity index is 1.85. The van der Waals surface area contributed by atoms with E-state index in [-0.39, 0.29) is 6.09 Å². The molecule has 1 aromatic rings. The summed E-state index contributed by atoms with van der Waals surface area (Å²) in [6.07, 6.45) is 6.73. The van der Waals surface area contributed by atoms with Crippen LogP contribution >= 0.6 is 11.3 Å². The first-order valence-electron chi connectivity index (χ1n) is 9.51. The lowest BCUT2D eigenvalue weighted by atomic mass is 10.0. The molecular formula is C19H33N3O2S. The average molecular weight is 368 g/mol. The monoisotopic (exact) mass is 367 g/mol. The van der Waals surface area contributed by atoms with Crippen LogP contribution in [0.25, 0.3) is 0 Å². The molecule has 0 aliphatic carbocycles. The zero-order valence-corrected chi connectivity index (χ0v) is 17.0. The number of alkyl carbamates (subject to hydrolysis) is 1. The van der Waals surface area contributed by atoms with E-state index in [4.69, 9.17) is 9.72 Å². The minimum absolute atomic E-state index is 0.325. The molecule has 0 bridgehead atoms. The van der Waals surface area contributed by atoms with Crippen LogP contribution in [0.5, 0.6) is 0 Å². The minimum atomic E-state index is -0.453. The molecule has 0 saturated carbocycles.